The van der Waals surface area contributed by atoms with Gasteiger partial charge in [-0.15, -0.1) is 11.6 Å². The Morgan fingerprint density at radius 1 is 1.38 bits per heavy atom. The summed E-state index contributed by atoms with van der Waals surface area (Å²) in [6.07, 6.45) is 3.79. The normalized spacial score (nSPS) is 23.5. The van der Waals surface area contributed by atoms with E-state index in [9.17, 15) is 12.8 Å². The number of nitrogens with zero attached hydrogens (tertiary/aromatic N) is 1. The van der Waals surface area contributed by atoms with E-state index in [1.165, 1.54) is 22.5 Å². The van der Waals surface area contributed by atoms with Gasteiger partial charge in [-0.1, -0.05) is 25.8 Å². The zero-order chi connectivity index (χ0) is 15.6. The van der Waals surface area contributed by atoms with Gasteiger partial charge in [0, 0.05) is 19.0 Å². The van der Waals surface area contributed by atoms with Gasteiger partial charge < -0.3 is 0 Å². The molecule has 0 heterocycles. The van der Waals surface area contributed by atoms with Crippen molar-refractivity contribution in [3.8, 4) is 0 Å². The molecule has 21 heavy (non-hydrogen) atoms. The molecule has 0 radical (unpaired) electrons. The van der Waals surface area contributed by atoms with Gasteiger partial charge in [-0.25, -0.2) is 12.8 Å². The summed E-state index contributed by atoms with van der Waals surface area (Å²) in [6, 6.07) is 3.95. The molecule has 6 heteroatoms. The van der Waals surface area contributed by atoms with Crippen molar-refractivity contribution in [1.82, 2.24) is 4.31 Å². The highest BCUT2D eigenvalue weighted by atomic mass is 35.5. The summed E-state index contributed by atoms with van der Waals surface area (Å²) in [5, 5.41) is 0. The maximum absolute atomic E-state index is 14.0. The van der Waals surface area contributed by atoms with Crippen LogP contribution in [-0.2, 0) is 15.9 Å². The molecule has 0 saturated heterocycles. The van der Waals surface area contributed by atoms with Crippen molar-refractivity contribution >= 4 is 21.6 Å². The largest absolute Gasteiger partial charge is 0.245 e. The van der Waals surface area contributed by atoms with Crippen LogP contribution in [-0.4, -0.2) is 25.8 Å². The Hall–Kier alpha value is -0.650. The first kappa shape index (κ1) is 16.7. The molecular weight excluding hydrogens is 313 g/mol. The third-order valence-electron chi connectivity index (χ3n) is 4.23. The van der Waals surface area contributed by atoms with Crippen molar-refractivity contribution in [2.75, 3.05) is 7.05 Å². The summed E-state index contributed by atoms with van der Waals surface area (Å²) < 4.78 is 40.6. The van der Waals surface area contributed by atoms with Crippen molar-refractivity contribution < 1.29 is 12.8 Å². The van der Waals surface area contributed by atoms with E-state index in [0.717, 1.165) is 25.7 Å². The van der Waals surface area contributed by atoms with Crippen molar-refractivity contribution in [1.29, 1.82) is 0 Å². The molecule has 0 aromatic heterocycles. The summed E-state index contributed by atoms with van der Waals surface area (Å²) in [7, 11) is -2.28. The van der Waals surface area contributed by atoms with Gasteiger partial charge >= 0.3 is 0 Å². The lowest BCUT2D eigenvalue weighted by Crippen LogP contribution is -2.40. The fraction of sp³-hybridized carbons (Fsp3) is 0.600. The monoisotopic (exact) mass is 333 g/mol. The number of halogens is 2. The number of alkyl halides is 1. The van der Waals surface area contributed by atoms with Gasteiger partial charge in [-0.2, -0.15) is 4.31 Å². The first-order valence-corrected chi connectivity index (χ1v) is 9.16. The van der Waals surface area contributed by atoms with Gasteiger partial charge in [-0.3, -0.25) is 0 Å². The lowest BCUT2D eigenvalue weighted by atomic mass is 9.87. The lowest BCUT2D eigenvalue weighted by Gasteiger charge is -2.33. The molecule has 0 spiro atoms. The van der Waals surface area contributed by atoms with Crippen LogP contribution < -0.4 is 0 Å². The number of benzene rings is 1. The van der Waals surface area contributed by atoms with Crippen LogP contribution in [0.3, 0.4) is 0 Å². The van der Waals surface area contributed by atoms with Crippen molar-refractivity contribution in [3.05, 3.63) is 29.6 Å². The van der Waals surface area contributed by atoms with Crippen LogP contribution >= 0.6 is 11.6 Å². The highest BCUT2D eigenvalue weighted by molar-refractivity contribution is 7.89. The Bertz CT molecular complexity index is 606. The van der Waals surface area contributed by atoms with E-state index in [1.54, 1.807) is 7.05 Å². The SMILES string of the molecule is CC1CCCC(N(C)S(=O)(=O)c2cc(CCl)ccc2F)C1. The molecule has 1 fully saturated rings. The molecule has 1 aromatic rings. The molecule has 0 aliphatic heterocycles. The standard InChI is InChI=1S/C15H21ClFNO2S/c1-11-4-3-5-13(8-11)18(2)21(19,20)15-9-12(10-16)6-7-14(15)17/h6-7,9,11,13H,3-5,8,10H2,1-2H3. The van der Waals surface area contributed by atoms with E-state index in [0.29, 0.717) is 11.5 Å². The number of hydrogen-bond donors (Lipinski definition) is 0. The summed E-state index contributed by atoms with van der Waals surface area (Å²) in [5.41, 5.74) is 0.599. The van der Waals surface area contributed by atoms with E-state index in [1.807, 2.05) is 0 Å². The molecule has 2 atom stereocenters. The molecule has 2 rings (SSSR count). The minimum Gasteiger partial charge on any atom is -0.207 e. The maximum Gasteiger partial charge on any atom is 0.245 e. The van der Waals surface area contributed by atoms with Crippen molar-refractivity contribution in [2.24, 2.45) is 5.92 Å². The molecule has 0 N–H and O–H groups in total. The van der Waals surface area contributed by atoms with Crippen LogP contribution in [0, 0.1) is 11.7 Å². The minimum atomic E-state index is -3.83. The van der Waals surface area contributed by atoms with Gasteiger partial charge in [0.25, 0.3) is 0 Å². The first-order chi connectivity index (χ1) is 9.86. The average molecular weight is 334 g/mol. The Morgan fingerprint density at radius 2 is 2.10 bits per heavy atom. The second-order valence-electron chi connectivity index (χ2n) is 5.85. The van der Waals surface area contributed by atoms with Crippen molar-refractivity contribution in [3.63, 3.8) is 0 Å². The Labute approximate surface area is 131 Å². The molecule has 1 saturated carbocycles. The van der Waals surface area contributed by atoms with Crippen LogP contribution in [0.1, 0.15) is 38.2 Å². The lowest BCUT2D eigenvalue weighted by molar-refractivity contribution is 0.238. The third-order valence-corrected chi connectivity index (χ3v) is 6.46. The van der Waals surface area contributed by atoms with Gasteiger partial charge in [-0.05, 0) is 36.5 Å². The van der Waals surface area contributed by atoms with Crippen molar-refractivity contribution in [2.45, 2.75) is 49.4 Å². The van der Waals surface area contributed by atoms with Crippen LogP contribution in [0.25, 0.3) is 0 Å². The average Bonchev–Trinajstić information content (AvgIpc) is 2.46. The van der Waals surface area contributed by atoms with Crippen LogP contribution in [0.4, 0.5) is 4.39 Å². The maximum atomic E-state index is 14.0. The van der Waals surface area contributed by atoms with Gasteiger partial charge in [0.2, 0.25) is 10.0 Å². The summed E-state index contributed by atoms with van der Waals surface area (Å²) in [6.45, 7) is 2.13. The topological polar surface area (TPSA) is 37.4 Å². The molecule has 3 nitrogen and oxygen atoms in total. The number of hydrogen-bond acceptors (Lipinski definition) is 2. The van der Waals surface area contributed by atoms with Gasteiger partial charge in [0.1, 0.15) is 10.7 Å². The van der Waals surface area contributed by atoms with E-state index in [-0.39, 0.29) is 16.8 Å². The second-order valence-corrected chi connectivity index (χ2v) is 8.08. The first-order valence-electron chi connectivity index (χ1n) is 7.18. The molecule has 2 unspecified atom stereocenters. The fourth-order valence-electron chi connectivity index (χ4n) is 2.91. The minimum absolute atomic E-state index is 0.0576. The molecule has 1 aromatic carbocycles. The predicted molar refractivity (Wildman–Crippen MR) is 82.3 cm³/mol. The number of sulfonamides is 1. The molecule has 1 aliphatic carbocycles. The van der Waals surface area contributed by atoms with E-state index in [2.05, 4.69) is 6.92 Å². The zero-order valence-corrected chi connectivity index (χ0v) is 13.9. The molecule has 1 aliphatic rings. The summed E-state index contributed by atoms with van der Waals surface area (Å²) in [4.78, 5) is -0.277. The van der Waals surface area contributed by atoms with Gasteiger partial charge in [0.05, 0.1) is 0 Å². The van der Waals surface area contributed by atoms with E-state index in [4.69, 9.17) is 11.6 Å². The smallest absolute Gasteiger partial charge is 0.207 e. The second kappa shape index (κ2) is 6.63. The zero-order valence-electron chi connectivity index (χ0n) is 12.4. The summed E-state index contributed by atoms with van der Waals surface area (Å²) in [5.74, 6) is -0.0625. The predicted octanol–water partition coefficient (Wildman–Crippen LogP) is 3.76. The third kappa shape index (κ3) is 3.58. The highest BCUT2D eigenvalue weighted by Crippen LogP contribution is 2.30. The Kier molecular flexibility index (Phi) is 5.28. The van der Waals surface area contributed by atoms with E-state index >= 15 is 0 Å². The Morgan fingerprint density at radius 3 is 2.71 bits per heavy atom. The quantitative estimate of drug-likeness (QED) is 0.787. The van der Waals surface area contributed by atoms with Gasteiger partial charge in [0.15, 0.2) is 0 Å². The summed E-state index contributed by atoms with van der Waals surface area (Å²) >= 11 is 5.72. The molecule has 118 valence electrons. The van der Waals surface area contributed by atoms with Crippen LogP contribution in [0.2, 0.25) is 0 Å². The number of rotatable bonds is 4. The molecule has 0 bridgehead atoms. The van der Waals surface area contributed by atoms with Crippen LogP contribution in [0.5, 0.6) is 0 Å². The Balaban J connectivity index is 2.32. The molecule has 0 amide bonds. The van der Waals surface area contributed by atoms with Crippen LogP contribution in [0.15, 0.2) is 23.1 Å². The highest BCUT2D eigenvalue weighted by Gasteiger charge is 2.32. The molecular formula is C15H21ClFNO2S. The fourth-order valence-corrected chi connectivity index (χ4v) is 4.59. The van der Waals surface area contributed by atoms with E-state index < -0.39 is 15.8 Å².